The predicted octanol–water partition coefficient (Wildman–Crippen LogP) is 2.52. The summed E-state index contributed by atoms with van der Waals surface area (Å²) in [4.78, 5) is 12.0. The van der Waals surface area contributed by atoms with Crippen LogP contribution in [0.15, 0.2) is 35.1 Å². The highest BCUT2D eigenvalue weighted by Crippen LogP contribution is 2.20. The second-order valence-corrected chi connectivity index (χ2v) is 5.47. The molecular formula is C17H23N3O. The van der Waals surface area contributed by atoms with Crippen molar-refractivity contribution < 1.29 is 0 Å². The quantitative estimate of drug-likeness (QED) is 0.918. The Kier molecular flexibility index (Phi) is 4.91. The van der Waals surface area contributed by atoms with Gasteiger partial charge in [0.15, 0.2) is 0 Å². The number of nitrogens with zero attached hydrogens (tertiary/aromatic N) is 2. The molecule has 4 heteroatoms. The molecule has 0 radical (unpaired) electrons. The Morgan fingerprint density at radius 3 is 2.62 bits per heavy atom. The Labute approximate surface area is 125 Å². The van der Waals surface area contributed by atoms with Gasteiger partial charge in [-0.2, -0.15) is 5.10 Å². The van der Waals surface area contributed by atoms with Gasteiger partial charge >= 0.3 is 0 Å². The van der Waals surface area contributed by atoms with Crippen molar-refractivity contribution in [3.8, 4) is 0 Å². The Morgan fingerprint density at radius 2 is 1.95 bits per heavy atom. The lowest BCUT2D eigenvalue weighted by atomic mass is 9.99. The summed E-state index contributed by atoms with van der Waals surface area (Å²) in [5.74, 6) is 0. The molecule has 0 aliphatic carbocycles. The lowest BCUT2D eigenvalue weighted by molar-refractivity contribution is 0.430. The minimum absolute atomic E-state index is 0.0618. The van der Waals surface area contributed by atoms with E-state index in [1.54, 1.807) is 16.8 Å². The highest BCUT2D eigenvalue weighted by Gasteiger charge is 2.15. The van der Waals surface area contributed by atoms with Gasteiger partial charge in [0.05, 0.1) is 18.3 Å². The van der Waals surface area contributed by atoms with Gasteiger partial charge in [0.1, 0.15) is 0 Å². The molecule has 1 aromatic carbocycles. The number of aromatic nitrogens is 2. The third-order valence-electron chi connectivity index (χ3n) is 3.61. The van der Waals surface area contributed by atoms with E-state index in [0.717, 1.165) is 12.2 Å². The van der Waals surface area contributed by atoms with Crippen LogP contribution >= 0.6 is 0 Å². The molecular weight excluding hydrogens is 262 g/mol. The molecule has 1 heterocycles. The van der Waals surface area contributed by atoms with Crippen LogP contribution in [0.3, 0.4) is 0 Å². The van der Waals surface area contributed by atoms with Gasteiger partial charge in [-0.25, -0.2) is 4.68 Å². The number of rotatable bonds is 5. The number of nitrogens with one attached hydrogen (secondary N) is 1. The SMILES string of the molecule is CCNC(Cn1nc(C)ccc1=O)c1ccc(C)cc1C. The van der Waals surface area contributed by atoms with E-state index in [0.29, 0.717) is 6.54 Å². The molecule has 2 aromatic rings. The van der Waals surface area contributed by atoms with E-state index in [9.17, 15) is 4.79 Å². The van der Waals surface area contributed by atoms with Gasteiger partial charge in [-0.1, -0.05) is 30.7 Å². The second-order valence-electron chi connectivity index (χ2n) is 5.47. The molecule has 0 aliphatic rings. The number of hydrogen-bond donors (Lipinski definition) is 1. The van der Waals surface area contributed by atoms with Crippen LogP contribution in [0.25, 0.3) is 0 Å². The van der Waals surface area contributed by atoms with E-state index >= 15 is 0 Å². The summed E-state index contributed by atoms with van der Waals surface area (Å²) in [7, 11) is 0. The molecule has 2 rings (SSSR count). The van der Waals surface area contributed by atoms with Crippen LogP contribution in [-0.4, -0.2) is 16.3 Å². The molecule has 0 fully saturated rings. The molecule has 0 saturated heterocycles. The zero-order valence-corrected chi connectivity index (χ0v) is 13.2. The fourth-order valence-electron chi connectivity index (χ4n) is 2.59. The van der Waals surface area contributed by atoms with E-state index in [2.05, 4.69) is 49.4 Å². The fraction of sp³-hybridized carbons (Fsp3) is 0.412. The first-order chi connectivity index (χ1) is 10.0. The summed E-state index contributed by atoms with van der Waals surface area (Å²) < 4.78 is 1.54. The summed E-state index contributed by atoms with van der Waals surface area (Å²) in [5, 5.41) is 7.79. The lowest BCUT2D eigenvalue weighted by Gasteiger charge is -2.21. The predicted molar refractivity (Wildman–Crippen MR) is 85.6 cm³/mol. The minimum Gasteiger partial charge on any atom is -0.309 e. The number of aryl methyl sites for hydroxylation is 3. The molecule has 0 spiro atoms. The van der Waals surface area contributed by atoms with Crippen LogP contribution in [0, 0.1) is 20.8 Å². The standard InChI is InChI=1S/C17H23N3O/c1-5-18-16(15-8-6-12(2)10-13(15)3)11-20-17(21)9-7-14(4)19-20/h6-10,16,18H,5,11H2,1-4H3. The molecule has 1 N–H and O–H groups in total. The summed E-state index contributed by atoms with van der Waals surface area (Å²) in [6.45, 7) is 9.56. The summed E-state index contributed by atoms with van der Waals surface area (Å²) in [5.41, 5.74) is 4.50. The van der Waals surface area contributed by atoms with Crippen LogP contribution in [-0.2, 0) is 6.54 Å². The van der Waals surface area contributed by atoms with Crippen LogP contribution < -0.4 is 10.9 Å². The average molecular weight is 285 g/mol. The summed E-state index contributed by atoms with van der Waals surface area (Å²) in [6.07, 6.45) is 0. The van der Waals surface area contributed by atoms with Crippen molar-refractivity contribution in [2.45, 2.75) is 40.3 Å². The first-order valence-electron chi connectivity index (χ1n) is 7.36. The second kappa shape index (κ2) is 6.68. The van der Waals surface area contributed by atoms with E-state index in [-0.39, 0.29) is 11.6 Å². The molecule has 1 unspecified atom stereocenters. The monoisotopic (exact) mass is 285 g/mol. The molecule has 0 bridgehead atoms. The minimum atomic E-state index is -0.0618. The summed E-state index contributed by atoms with van der Waals surface area (Å²) >= 11 is 0. The van der Waals surface area contributed by atoms with Crippen LogP contribution in [0.5, 0.6) is 0 Å². The lowest BCUT2D eigenvalue weighted by Crippen LogP contribution is -2.32. The first kappa shape index (κ1) is 15.4. The third-order valence-corrected chi connectivity index (χ3v) is 3.61. The highest BCUT2D eigenvalue weighted by atomic mass is 16.1. The van der Waals surface area contributed by atoms with Gasteiger partial charge in [0.2, 0.25) is 0 Å². The highest BCUT2D eigenvalue weighted by molar-refractivity contribution is 5.32. The van der Waals surface area contributed by atoms with Crippen LogP contribution in [0.4, 0.5) is 0 Å². The Balaban J connectivity index is 2.35. The Morgan fingerprint density at radius 1 is 1.19 bits per heavy atom. The van der Waals surface area contributed by atoms with Crippen molar-refractivity contribution >= 4 is 0 Å². The molecule has 0 aliphatic heterocycles. The van der Waals surface area contributed by atoms with Crippen molar-refractivity contribution in [3.05, 3.63) is 63.1 Å². The smallest absolute Gasteiger partial charge is 0.266 e. The fourth-order valence-corrected chi connectivity index (χ4v) is 2.59. The van der Waals surface area contributed by atoms with Gasteiger partial charge in [-0.15, -0.1) is 0 Å². The number of likely N-dealkylation sites (N-methyl/N-ethyl adjacent to an activating group) is 1. The van der Waals surface area contributed by atoms with Gasteiger partial charge in [0.25, 0.3) is 5.56 Å². The van der Waals surface area contributed by atoms with Crippen molar-refractivity contribution in [1.82, 2.24) is 15.1 Å². The average Bonchev–Trinajstić information content (AvgIpc) is 2.42. The van der Waals surface area contributed by atoms with Gasteiger partial charge in [-0.05, 0) is 44.5 Å². The van der Waals surface area contributed by atoms with Gasteiger partial charge < -0.3 is 5.32 Å². The normalized spacial score (nSPS) is 12.4. The molecule has 1 aromatic heterocycles. The maximum absolute atomic E-state index is 12.0. The topological polar surface area (TPSA) is 46.9 Å². The van der Waals surface area contributed by atoms with Crippen molar-refractivity contribution in [1.29, 1.82) is 0 Å². The maximum atomic E-state index is 12.0. The molecule has 0 amide bonds. The molecule has 4 nitrogen and oxygen atoms in total. The molecule has 21 heavy (non-hydrogen) atoms. The Bertz CT molecular complexity index is 676. The van der Waals surface area contributed by atoms with E-state index in [1.165, 1.54) is 16.7 Å². The summed E-state index contributed by atoms with van der Waals surface area (Å²) in [6, 6.07) is 9.83. The van der Waals surface area contributed by atoms with Gasteiger partial charge in [-0.3, -0.25) is 4.79 Å². The van der Waals surface area contributed by atoms with Crippen LogP contribution in [0.1, 0.15) is 35.3 Å². The van der Waals surface area contributed by atoms with Crippen molar-refractivity contribution in [2.75, 3.05) is 6.54 Å². The van der Waals surface area contributed by atoms with Crippen LogP contribution in [0.2, 0.25) is 0 Å². The molecule has 112 valence electrons. The zero-order chi connectivity index (χ0) is 15.4. The van der Waals surface area contributed by atoms with Crippen molar-refractivity contribution in [3.63, 3.8) is 0 Å². The van der Waals surface area contributed by atoms with Gasteiger partial charge in [0, 0.05) is 6.07 Å². The zero-order valence-electron chi connectivity index (χ0n) is 13.2. The number of hydrogen-bond acceptors (Lipinski definition) is 3. The third kappa shape index (κ3) is 3.79. The van der Waals surface area contributed by atoms with E-state index in [1.807, 2.05) is 6.92 Å². The maximum Gasteiger partial charge on any atom is 0.266 e. The van der Waals surface area contributed by atoms with Crippen molar-refractivity contribution in [2.24, 2.45) is 0 Å². The van der Waals surface area contributed by atoms with E-state index < -0.39 is 0 Å². The number of benzene rings is 1. The van der Waals surface area contributed by atoms with E-state index in [4.69, 9.17) is 0 Å². The first-order valence-corrected chi connectivity index (χ1v) is 7.36. The largest absolute Gasteiger partial charge is 0.309 e. The molecule has 0 saturated carbocycles. The molecule has 1 atom stereocenters. The Hall–Kier alpha value is -1.94.